The van der Waals surface area contributed by atoms with Crippen LogP contribution in [-0.4, -0.2) is 48.7 Å². The van der Waals surface area contributed by atoms with Gasteiger partial charge in [-0.1, -0.05) is 17.7 Å². The van der Waals surface area contributed by atoms with Gasteiger partial charge in [0.15, 0.2) is 0 Å². The van der Waals surface area contributed by atoms with Gasteiger partial charge < -0.3 is 21.1 Å². The predicted molar refractivity (Wildman–Crippen MR) is 78.9 cm³/mol. The van der Waals surface area contributed by atoms with Gasteiger partial charge in [0, 0.05) is 25.2 Å². The van der Waals surface area contributed by atoms with E-state index >= 15 is 0 Å². The minimum absolute atomic E-state index is 0.142. The van der Waals surface area contributed by atoms with E-state index < -0.39 is 6.10 Å². The molecule has 1 aromatic carbocycles. The van der Waals surface area contributed by atoms with Gasteiger partial charge in [0.25, 0.3) is 5.91 Å². The number of amides is 2. The van der Waals surface area contributed by atoms with Crippen molar-refractivity contribution in [3.8, 4) is 0 Å². The molecule has 21 heavy (non-hydrogen) atoms. The minimum Gasteiger partial charge on any atom is -0.392 e. The number of carbonyl (C=O) groups is 2. The van der Waals surface area contributed by atoms with Gasteiger partial charge in [-0.15, -0.1) is 0 Å². The summed E-state index contributed by atoms with van der Waals surface area (Å²) in [6.45, 7) is 3.14. The van der Waals surface area contributed by atoms with E-state index in [0.717, 1.165) is 5.56 Å². The number of aryl methyl sites for hydroxylation is 1. The number of aliphatic hydroxyl groups is 1. The molecule has 1 aliphatic rings. The van der Waals surface area contributed by atoms with E-state index in [9.17, 15) is 14.7 Å². The molecule has 6 heteroatoms. The average molecular weight is 291 g/mol. The molecular weight excluding hydrogens is 270 g/mol. The highest BCUT2D eigenvalue weighted by molar-refractivity contribution is 5.94. The van der Waals surface area contributed by atoms with Gasteiger partial charge in [-0.3, -0.25) is 9.59 Å². The highest BCUT2D eigenvalue weighted by atomic mass is 16.3. The number of hydrogen-bond donors (Lipinski definition) is 4. The van der Waals surface area contributed by atoms with Crippen LogP contribution in [0.1, 0.15) is 22.3 Å². The topological polar surface area (TPSA) is 90.5 Å². The Bertz CT molecular complexity index is 501. The number of benzene rings is 1. The Morgan fingerprint density at radius 2 is 1.90 bits per heavy atom. The number of nitrogens with one attached hydrogen (secondary N) is 3. The smallest absolute Gasteiger partial charge is 0.251 e. The van der Waals surface area contributed by atoms with Crippen molar-refractivity contribution in [3.05, 3.63) is 35.4 Å². The molecule has 1 fully saturated rings. The molecule has 0 aliphatic carbocycles. The van der Waals surface area contributed by atoms with Crippen LogP contribution >= 0.6 is 0 Å². The molecule has 2 amide bonds. The second-order valence-corrected chi connectivity index (χ2v) is 5.26. The van der Waals surface area contributed by atoms with Crippen LogP contribution < -0.4 is 16.0 Å². The van der Waals surface area contributed by atoms with E-state index in [1.807, 2.05) is 19.1 Å². The van der Waals surface area contributed by atoms with Crippen LogP contribution in [-0.2, 0) is 4.79 Å². The highest BCUT2D eigenvalue weighted by Crippen LogP contribution is 2.05. The highest BCUT2D eigenvalue weighted by Gasteiger charge is 2.27. The summed E-state index contributed by atoms with van der Waals surface area (Å²) in [5, 5.41) is 17.8. The number of β-amino-alcohol motifs (C(OH)–C–C–N with tert-alkyl or cyclic N) is 1. The van der Waals surface area contributed by atoms with Crippen molar-refractivity contribution in [1.29, 1.82) is 0 Å². The molecular formula is C15H21N3O3. The quantitative estimate of drug-likeness (QED) is 0.554. The lowest BCUT2D eigenvalue weighted by Gasteiger charge is -2.11. The molecule has 2 atom stereocenters. The number of carbonyl (C=O) groups excluding carboxylic acids is 2. The summed E-state index contributed by atoms with van der Waals surface area (Å²) < 4.78 is 0. The molecule has 4 N–H and O–H groups in total. The summed E-state index contributed by atoms with van der Waals surface area (Å²) in [6.07, 6.45) is -0.0244. The molecule has 1 saturated heterocycles. The Labute approximate surface area is 123 Å². The fourth-order valence-corrected chi connectivity index (χ4v) is 2.21. The van der Waals surface area contributed by atoms with Crippen molar-refractivity contribution >= 4 is 11.8 Å². The summed E-state index contributed by atoms with van der Waals surface area (Å²) in [4.78, 5) is 23.6. The zero-order valence-electron chi connectivity index (χ0n) is 12.1. The second-order valence-electron chi connectivity index (χ2n) is 5.26. The van der Waals surface area contributed by atoms with Crippen LogP contribution in [0.2, 0.25) is 0 Å². The lowest BCUT2D eigenvalue weighted by molar-refractivity contribution is -0.122. The molecule has 0 saturated carbocycles. The van der Waals surface area contributed by atoms with E-state index in [-0.39, 0.29) is 17.9 Å². The Balaban J connectivity index is 1.66. The largest absolute Gasteiger partial charge is 0.392 e. The van der Waals surface area contributed by atoms with Crippen molar-refractivity contribution in [2.45, 2.75) is 25.5 Å². The Morgan fingerprint density at radius 1 is 1.24 bits per heavy atom. The molecule has 1 heterocycles. The number of rotatable bonds is 5. The first kappa shape index (κ1) is 15.5. The van der Waals surface area contributed by atoms with Gasteiger partial charge >= 0.3 is 0 Å². The van der Waals surface area contributed by atoms with E-state index in [0.29, 0.717) is 31.6 Å². The van der Waals surface area contributed by atoms with Crippen molar-refractivity contribution in [3.63, 3.8) is 0 Å². The zero-order chi connectivity index (χ0) is 15.2. The molecule has 0 spiro atoms. The van der Waals surface area contributed by atoms with Gasteiger partial charge in [-0.05, 0) is 25.5 Å². The molecule has 1 aromatic rings. The summed E-state index contributed by atoms with van der Waals surface area (Å²) in [5.41, 5.74) is 1.71. The monoisotopic (exact) mass is 291 g/mol. The summed E-state index contributed by atoms with van der Waals surface area (Å²) in [7, 11) is 0. The van der Waals surface area contributed by atoms with E-state index in [2.05, 4.69) is 16.0 Å². The van der Waals surface area contributed by atoms with E-state index in [1.54, 1.807) is 12.1 Å². The maximum atomic E-state index is 11.8. The standard InChI is InChI=1S/C15H21N3O3/c1-10-2-4-11(5-3-10)14(20)16-6-7-17-15(21)13-8-12(19)9-18-13/h2-5,12-13,18-19H,6-9H2,1H3,(H,16,20)(H,17,21). The van der Waals surface area contributed by atoms with Gasteiger partial charge in [0.1, 0.15) is 0 Å². The summed E-state index contributed by atoms with van der Waals surface area (Å²) >= 11 is 0. The molecule has 0 aromatic heterocycles. The van der Waals surface area contributed by atoms with Crippen molar-refractivity contribution < 1.29 is 14.7 Å². The lowest BCUT2D eigenvalue weighted by Crippen LogP contribution is -2.43. The molecule has 0 bridgehead atoms. The Morgan fingerprint density at radius 3 is 2.52 bits per heavy atom. The molecule has 114 valence electrons. The van der Waals surface area contributed by atoms with E-state index in [4.69, 9.17) is 0 Å². The van der Waals surface area contributed by atoms with Gasteiger partial charge in [-0.2, -0.15) is 0 Å². The van der Waals surface area contributed by atoms with Crippen LogP contribution in [0, 0.1) is 6.92 Å². The molecule has 6 nitrogen and oxygen atoms in total. The third-order valence-electron chi connectivity index (χ3n) is 3.45. The Hall–Kier alpha value is -1.92. The average Bonchev–Trinajstić information content (AvgIpc) is 2.90. The van der Waals surface area contributed by atoms with Crippen LogP contribution in [0.4, 0.5) is 0 Å². The maximum absolute atomic E-state index is 11.8. The van der Waals surface area contributed by atoms with E-state index in [1.165, 1.54) is 0 Å². The normalized spacial score (nSPS) is 21.0. The van der Waals surface area contributed by atoms with Crippen molar-refractivity contribution in [1.82, 2.24) is 16.0 Å². The first-order chi connectivity index (χ1) is 10.1. The number of aliphatic hydroxyl groups excluding tert-OH is 1. The summed E-state index contributed by atoms with van der Waals surface area (Å²) in [6, 6.07) is 6.97. The summed E-state index contributed by atoms with van der Waals surface area (Å²) in [5.74, 6) is -0.296. The lowest BCUT2D eigenvalue weighted by atomic mass is 10.1. The third-order valence-corrected chi connectivity index (χ3v) is 3.45. The molecule has 2 rings (SSSR count). The second kappa shape index (κ2) is 7.19. The zero-order valence-corrected chi connectivity index (χ0v) is 12.1. The van der Waals surface area contributed by atoms with Gasteiger partial charge in [-0.25, -0.2) is 0 Å². The SMILES string of the molecule is Cc1ccc(C(=O)NCCNC(=O)C2CC(O)CN2)cc1. The number of hydrogen-bond acceptors (Lipinski definition) is 4. The fraction of sp³-hybridized carbons (Fsp3) is 0.467. The Kier molecular flexibility index (Phi) is 5.30. The van der Waals surface area contributed by atoms with Crippen LogP contribution in [0.3, 0.4) is 0 Å². The third kappa shape index (κ3) is 4.54. The van der Waals surface area contributed by atoms with Gasteiger partial charge in [0.05, 0.1) is 12.1 Å². The maximum Gasteiger partial charge on any atom is 0.251 e. The first-order valence-corrected chi connectivity index (χ1v) is 7.10. The van der Waals surface area contributed by atoms with Gasteiger partial charge in [0.2, 0.25) is 5.91 Å². The van der Waals surface area contributed by atoms with Crippen molar-refractivity contribution in [2.24, 2.45) is 0 Å². The molecule has 0 radical (unpaired) electrons. The fourth-order valence-electron chi connectivity index (χ4n) is 2.21. The molecule has 1 aliphatic heterocycles. The predicted octanol–water partition coefficient (Wildman–Crippen LogP) is -0.436. The van der Waals surface area contributed by atoms with Crippen LogP contribution in [0.25, 0.3) is 0 Å². The first-order valence-electron chi connectivity index (χ1n) is 7.10. The van der Waals surface area contributed by atoms with Crippen LogP contribution in [0.5, 0.6) is 0 Å². The minimum atomic E-state index is -0.456. The van der Waals surface area contributed by atoms with Crippen molar-refractivity contribution in [2.75, 3.05) is 19.6 Å². The molecule has 2 unspecified atom stereocenters. The van der Waals surface area contributed by atoms with Crippen LogP contribution in [0.15, 0.2) is 24.3 Å².